The standard InChI is InChI=1S/C27H34F6N6O2/c1-15(12-21(40)38-8-10-39(11-9-38)25-34-13-18(14-35-25)26(28,29)30)4-5-16(2)17(3)19-6-7-20-22(27(31,32)33)24(41)37-36-23(19)20/h13-17,19H,4-12H2,1-3H3,(H,37,41). The van der Waals surface area contributed by atoms with E-state index >= 15 is 0 Å². The molecule has 0 radical (unpaired) electrons. The molecule has 1 amide bonds. The molecule has 0 spiro atoms. The van der Waals surface area contributed by atoms with Crippen molar-refractivity contribution >= 4 is 11.9 Å². The van der Waals surface area contributed by atoms with E-state index in [2.05, 4.69) is 22.0 Å². The normalized spacial score (nSPS) is 20.1. The van der Waals surface area contributed by atoms with Crippen LogP contribution in [0, 0.1) is 17.8 Å². The number of halogens is 6. The Morgan fingerprint density at radius 2 is 1.63 bits per heavy atom. The van der Waals surface area contributed by atoms with E-state index in [4.69, 9.17) is 0 Å². The smallest absolute Gasteiger partial charge is 0.339 e. The summed E-state index contributed by atoms with van der Waals surface area (Å²) >= 11 is 0. The van der Waals surface area contributed by atoms with Crippen LogP contribution in [0.2, 0.25) is 0 Å². The van der Waals surface area contributed by atoms with Crippen LogP contribution >= 0.6 is 0 Å². The highest BCUT2D eigenvalue weighted by Gasteiger charge is 2.42. The Kier molecular flexibility index (Phi) is 8.98. The average Bonchev–Trinajstić information content (AvgIpc) is 3.33. The van der Waals surface area contributed by atoms with Crippen LogP contribution in [0.4, 0.5) is 32.3 Å². The monoisotopic (exact) mass is 588 g/mol. The molecule has 2 aromatic heterocycles. The second kappa shape index (κ2) is 12.0. The lowest BCUT2D eigenvalue weighted by atomic mass is 9.79. The number of aromatic amines is 1. The van der Waals surface area contributed by atoms with Gasteiger partial charge in [0, 0.05) is 50.9 Å². The Hall–Kier alpha value is -3.19. The first-order valence-corrected chi connectivity index (χ1v) is 13.8. The molecule has 2 aromatic rings. The van der Waals surface area contributed by atoms with Gasteiger partial charge < -0.3 is 9.80 Å². The van der Waals surface area contributed by atoms with Gasteiger partial charge in [-0.15, -0.1) is 0 Å². The largest absolute Gasteiger partial charge is 0.422 e. The highest BCUT2D eigenvalue weighted by molar-refractivity contribution is 5.76. The number of alkyl halides is 6. The Balaban J connectivity index is 1.24. The number of amides is 1. The van der Waals surface area contributed by atoms with Gasteiger partial charge in [-0.2, -0.15) is 31.4 Å². The molecule has 1 N–H and O–H groups in total. The van der Waals surface area contributed by atoms with Crippen molar-refractivity contribution in [2.45, 2.75) is 71.1 Å². The van der Waals surface area contributed by atoms with E-state index in [9.17, 15) is 35.9 Å². The number of aromatic nitrogens is 4. The molecule has 0 aromatic carbocycles. The third-order valence-corrected chi connectivity index (χ3v) is 8.51. The first kappa shape index (κ1) is 30.8. The SMILES string of the molecule is CC(CCC(C)C(C)C1CCc2c1n[nH]c(=O)c2C(F)(F)F)CC(=O)N1CCN(c2ncc(C(F)(F)F)cn2)CC1. The Bertz CT molecular complexity index is 1270. The summed E-state index contributed by atoms with van der Waals surface area (Å²) in [6.07, 6.45) is -5.14. The summed E-state index contributed by atoms with van der Waals surface area (Å²) in [5.74, 6) is 0.319. The molecule has 1 aliphatic carbocycles. The highest BCUT2D eigenvalue weighted by atomic mass is 19.4. The molecule has 4 atom stereocenters. The first-order valence-electron chi connectivity index (χ1n) is 13.8. The molecule has 1 saturated heterocycles. The second-order valence-corrected chi connectivity index (χ2v) is 11.3. The minimum Gasteiger partial charge on any atom is -0.339 e. The number of carbonyl (C=O) groups excluding carboxylic acids is 1. The van der Waals surface area contributed by atoms with Crippen molar-refractivity contribution in [1.82, 2.24) is 25.1 Å². The van der Waals surface area contributed by atoms with Crippen molar-refractivity contribution in [2.75, 3.05) is 31.1 Å². The summed E-state index contributed by atoms with van der Waals surface area (Å²) < 4.78 is 78.6. The number of H-pyrrole nitrogens is 1. The van der Waals surface area contributed by atoms with Crippen LogP contribution in [-0.2, 0) is 23.6 Å². The van der Waals surface area contributed by atoms with Crippen molar-refractivity contribution in [3.05, 3.63) is 45.1 Å². The fraction of sp³-hybridized carbons (Fsp3) is 0.667. The molecule has 0 saturated carbocycles. The van der Waals surface area contributed by atoms with Crippen molar-refractivity contribution in [2.24, 2.45) is 17.8 Å². The van der Waals surface area contributed by atoms with Gasteiger partial charge in [0.1, 0.15) is 5.56 Å². The number of nitrogens with zero attached hydrogens (tertiary/aromatic N) is 5. The zero-order chi connectivity index (χ0) is 30.1. The Morgan fingerprint density at radius 1 is 1.00 bits per heavy atom. The van der Waals surface area contributed by atoms with Crippen LogP contribution in [0.15, 0.2) is 17.2 Å². The van der Waals surface area contributed by atoms with Crippen molar-refractivity contribution in [1.29, 1.82) is 0 Å². The quantitative estimate of drug-likeness (QED) is 0.434. The minimum atomic E-state index is -4.73. The maximum atomic E-state index is 13.5. The first-order chi connectivity index (χ1) is 19.2. The van der Waals surface area contributed by atoms with Crippen LogP contribution in [0.25, 0.3) is 0 Å². The topological polar surface area (TPSA) is 95.1 Å². The van der Waals surface area contributed by atoms with Gasteiger partial charge in [-0.1, -0.05) is 27.2 Å². The number of rotatable bonds is 8. The van der Waals surface area contributed by atoms with E-state index in [-0.39, 0.29) is 47.5 Å². The Morgan fingerprint density at radius 3 is 2.22 bits per heavy atom. The summed E-state index contributed by atoms with van der Waals surface area (Å²) in [4.78, 5) is 35.9. The van der Waals surface area contributed by atoms with Crippen molar-refractivity contribution in [3.8, 4) is 0 Å². The minimum absolute atomic E-state index is 0.00347. The molecule has 4 rings (SSSR count). The summed E-state index contributed by atoms with van der Waals surface area (Å²) in [6, 6.07) is 0. The molecule has 1 aliphatic heterocycles. The van der Waals surface area contributed by atoms with Gasteiger partial charge in [0.05, 0.1) is 11.3 Å². The van der Waals surface area contributed by atoms with Crippen molar-refractivity contribution in [3.63, 3.8) is 0 Å². The number of anilines is 1. The van der Waals surface area contributed by atoms with Crippen LogP contribution < -0.4 is 10.5 Å². The summed E-state index contributed by atoms with van der Waals surface area (Å²) in [5, 5.41) is 6.03. The maximum absolute atomic E-state index is 13.5. The number of nitrogens with one attached hydrogen (secondary N) is 1. The predicted octanol–water partition coefficient (Wildman–Crippen LogP) is 5.05. The molecule has 3 heterocycles. The number of fused-ring (bicyclic) bond motifs is 1. The molecule has 226 valence electrons. The highest BCUT2D eigenvalue weighted by Crippen LogP contribution is 2.44. The van der Waals surface area contributed by atoms with Gasteiger partial charge in [0.25, 0.3) is 5.56 Å². The van der Waals surface area contributed by atoms with Gasteiger partial charge in [0.2, 0.25) is 11.9 Å². The predicted molar refractivity (Wildman–Crippen MR) is 138 cm³/mol. The fourth-order valence-electron chi connectivity index (χ4n) is 5.83. The van der Waals surface area contributed by atoms with Gasteiger partial charge in [-0.25, -0.2) is 15.1 Å². The third-order valence-electron chi connectivity index (χ3n) is 8.51. The number of piperazine rings is 1. The van der Waals surface area contributed by atoms with E-state index in [1.807, 2.05) is 18.9 Å². The average molecular weight is 589 g/mol. The molecule has 41 heavy (non-hydrogen) atoms. The van der Waals surface area contributed by atoms with Gasteiger partial charge in [-0.05, 0) is 42.6 Å². The molecule has 1 fully saturated rings. The van der Waals surface area contributed by atoms with E-state index in [0.29, 0.717) is 44.7 Å². The molecular weight excluding hydrogens is 554 g/mol. The van der Waals surface area contributed by atoms with E-state index in [1.54, 1.807) is 9.80 Å². The lowest BCUT2D eigenvalue weighted by Crippen LogP contribution is -2.49. The van der Waals surface area contributed by atoms with Gasteiger partial charge in [0.15, 0.2) is 0 Å². The zero-order valence-electron chi connectivity index (χ0n) is 23.1. The van der Waals surface area contributed by atoms with Crippen LogP contribution in [-0.4, -0.2) is 57.2 Å². The van der Waals surface area contributed by atoms with Crippen molar-refractivity contribution < 1.29 is 31.1 Å². The molecule has 0 bridgehead atoms. The summed E-state index contributed by atoms with van der Waals surface area (Å²) in [6.45, 7) is 7.71. The van der Waals surface area contributed by atoms with Crippen LogP contribution in [0.1, 0.15) is 74.8 Å². The lowest BCUT2D eigenvalue weighted by Gasteiger charge is -2.35. The van der Waals surface area contributed by atoms with Gasteiger partial charge in [-0.3, -0.25) is 9.59 Å². The maximum Gasteiger partial charge on any atom is 0.422 e. The summed E-state index contributed by atoms with van der Waals surface area (Å²) in [5.41, 5.74) is -2.91. The summed E-state index contributed by atoms with van der Waals surface area (Å²) in [7, 11) is 0. The number of hydrogen-bond donors (Lipinski definition) is 1. The van der Waals surface area contributed by atoms with Crippen LogP contribution in [0.5, 0.6) is 0 Å². The number of carbonyl (C=O) groups is 1. The second-order valence-electron chi connectivity index (χ2n) is 11.3. The zero-order valence-corrected chi connectivity index (χ0v) is 23.1. The molecule has 8 nitrogen and oxygen atoms in total. The Labute approximate surface area is 233 Å². The van der Waals surface area contributed by atoms with Crippen LogP contribution in [0.3, 0.4) is 0 Å². The molecular formula is C27H34F6N6O2. The van der Waals surface area contributed by atoms with E-state index in [0.717, 1.165) is 25.2 Å². The third kappa shape index (κ3) is 7.00. The molecule has 4 unspecified atom stereocenters. The van der Waals surface area contributed by atoms with E-state index < -0.39 is 29.0 Å². The fourth-order valence-corrected chi connectivity index (χ4v) is 5.83. The number of hydrogen-bond acceptors (Lipinski definition) is 6. The van der Waals surface area contributed by atoms with E-state index in [1.165, 1.54) is 0 Å². The lowest BCUT2D eigenvalue weighted by molar-refractivity contribution is -0.139. The van der Waals surface area contributed by atoms with Gasteiger partial charge >= 0.3 is 12.4 Å². The molecule has 14 heteroatoms. The molecule has 2 aliphatic rings.